The molecule has 4 heteroatoms. The Kier molecular flexibility index (Phi) is 2.88. The molecule has 1 aliphatic rings. The summed E-state index contributed by atoms with van der Waals surface area (Å²) in [6, 6.07) is 15.7. The van der Waals surface area contributed by atoms with Gasteiger partial charge < -0.3 is 10.4 Å². The first-order valence-corrected chi connectivity index (χ1v) is 6.33. The summed E-state index contributed by atoms with van der Waals surface area (Å²) in [5.41, 5.74) is -0.529. The molecule has 1 unspecified atom stereocenters. The normalized spacial score (nSPS) is 21.2. The van der Waals surface area contributed by atoms with Gasteiger partial charge in [0.25, 0.3) is 5.91 Å². The number of benzene rings is 2. The highest BCUT2D eigenvalue weighted by Crippen LogP contribution is 2.30. The molecule has 3 rings (SSSR count). The number of para-hydroxylation sites is 1. The molecule has 1 atom stereocenters. The Morgan fingerprint density at radius 2 is 1.60 bits per heavy atom. The second kappa shape index (κ2) is 4.58. The van der Waals surface area contributed by atoms with Crippen molar-refractivity contribution in [3.05, 3.63) is 65.7 Å². The number of carbonyl (C=O) groups excluding carboxylic acids is 2. The predicted molar refractivity (Wildman–Crippen MR) is 74.5 cm³/mol. The van der Waals surface area contributed by atoms with Crippen molar-refractivity contribution in [2.45, 2.75) is 12.0 Å². The molecule has 1 aliphatic heterocycles. The van der Waals surface area contributed by atoms with Crippen LogP contribution in [0.5, 0.6) is 0 Å². The summed E-state index contributed by atoms with van der Waals surface area (Å²) in [6.45, 7) is 0. The SMILES string of the molecule is O=C1Nc2ccccc2C(=O)C1(O)Cc1ccccc1. The third-order valence-corrected chi connectivity index (χ3v) is 3.47. The van der Waals surface area contributed by atoms with E-state index in [1.807, 2.05) is 6.07 Å². The third-order valence-electron chi connectivity index (χ3n) is 3.47. The van der Waals surface area contributed by atoms with Crippen molar-refractivity contribution in [3.8, 4) is 0 Å². The Balaban J connectivity index is 2.01. The van der Waals surface area contributed by atoms with Crippen molar-refractivity contribution in [2.24, 2.45) is 0 Å². The average Bonchev–Trinajstić information content (AvgIpc) is 2.47. The molecule has 1 amide bonds. The molecule has 0 aromatic heterocycles. The molecule has 0 fully saturated rings. The Hall–Kier alpha value is -2.46. The lowest BCUT2D eigenvalue weighted by molar-refractivity contribution is -0.130. The van der Waals surface area contributed by atoms with E-state index >= 15 is 0 Å². The maximum Gasteiger partial charge on any atom is 0.264 e. The molecule has 2 N–H and O–H groups in total. The van der Waals surface area contributed by atoms with Gasteiger partial charge in [-0.2, -0.15) is 0 Å². The van der Waals surface area contributed by atoms with Crippen molar-refractivity contribution < 1.29 is 14.7 Å². The minimum absolute atomic E-state index is 0.0349. The lowest BCUT2D eigenvalue weighted by Crippen LogP contribution is -2.54. The topological polar surface area (TPSA) is 66.4 Å². The Morgan fingerprint density at radius 3 is 2.35 bits per heavy atom. The molecule has 0 spiro atoms. The zero-order chi connectivity index (χ0) is 14.2. The summed E-state index contributed by atoms with van der Waals surface area (Å²) >= 11 is 0. The van der Waals surface area contributed by atoms with Crippen LogP contribution < -0.4 is 5.32 Å². The minimum atomic E-state index is -2.05. The monoisotopic (exact) mass is 267 g/mol. The van der Waals surface area contributed by atoms with Crippen LogP contribution >= 0.6 is 0 Å². The Labute approximate surface area is 116 Å². The highest BCUT2D eigenvalue weighted by molar-refractivity contribution is 6.26. The molecule has 0 radical (unpaired) electrons. The molecular weight excluding hydrogens is 254 g/mol. The highest BCUT2D eigenvalue weighted by Gasteiger charge is 2.48. The van der Waals surface area contributed by atoms with Gasteiger partial charge in [0, 0.05) is 12.0 Å². The summed E-state index contributed by atoms with van der Waals surface area (Å²) in [6.07, 6.45) is -0.0349. The number of Topliss-reactive ketones (excluding diaryl/α,β-unsaturated/α-hetero) is 1. The van der Waals surface area contributed by atoms with E-state index in [4.69, 9.17) is 0 Å². The van der Waals surface area contributed by atoms with Crippen LogP contribution in [0.25, 0.3) is 0 Å². The molecule has 0 saturated carbocycles. The third kappa shape index (κ3) is 1.90. The summed E-state index contributed by atoms with van der Waals surface area (Å²) in [5, 5.41) is 13.1. The van der Waals surface area contributed by atoms with E-state index in [2.05, 4.69) is 5.32 Å². The smallest absolute Gasteiger partial charge is 0.264 e. The van der Waals surface area contributed by atoms with E-state index in [9.17, 15) is 14.7 Å². The number of hydrogen-bond donors (Lipinski definition) is 2. The van der Waals surface area contributed by atoms with Crippen LogP contribution in [-0.2, 0) is 11.2 Å². The van der Waals surface area contributed by atoms with Crippen LogP contribution in [0.2, 0.25) is 0 Å². The second-order valence-corrected chi connectivity index (χ2v) is 4.85. The number of fused-ring (bicyclic) bond motifs is 1. The molecular formula is C16H13NO3. The maximum atomic E-state index is 12.4. The van der Waals surface area contributed by atoms with Crippen LogP contribution in [0.3, 0.4) is 0 Å². The Bertz CT molecular complexity index is 681. The van der Waals surface area contributed by atoms with Crippen LogP contribution in [0.15, 0.2) is 54.6 Å². The fourth-order valence-electron chi connectivity index (χ4n) is 2.39. The van der Waals surface area contributed by atoms with Gasteiger partial charge in [-0.05, 0) is 17.7 Å². The van der Waals surface area contributed by atoms with E-state index < -0.39 is 17.3 Å². The van der Waals surface area contributed by atoms with Gasteiger partial charge in [0.1, 0.15) is 0 Å². The van der Waals surface area contributed by atoms with Gasteiger partial charge in [-0.1, -0.05) is 42.5 Å². The number of hydrogen-bond acceptors (Lipinski definition) is 3. The van der Waals surface area contributed by atoms with E-state index in [0.29, 0.717) is 11.3 Å². The molecule has 0 saturated heterocycles. The largest absolute Gasteiger partial charge is 0.373 e. The summed E-state index contributed by atoms with van der Waals surface area (Å²) < 4.78 is 0. The van der Waals surface area contributed by atoms with Gasteiger partial charge in [0.05, 0.1) is 5.69 Å². The van der Waals surface area contributed by atoms with Crippen LogP contribution in [0.1, 0.15) is 15.9 Å². The maximum absolute atomic E-state index is 12.4. The minimum Gasteiger partial charge on any atom is -0.373 e. The molecule has 20 heavy (non-hydrogen) atoms. The number of carbonyl (C=O) groups is 2. The van der Waals surface area contributed by atoms with E-state index in [1.165, 1.54) is 0 Å². The first-order chi connectivity index (χ1) is 9.61. The van der Waals surface area contributed by atoms with Crippen molar-refractivity contribution >= 4 is 17.4 Å². The number of nitrogens with one attached hydrogen (secondary N) is 1. The molecule has 2 aromatic carbocycles. The van der Waals surface area contributed by atoms with Gasteiger partial charge in [-0.25, -0.2) is 0 Å². The van der Waals surface area contributed by atoms with Crippen molar-refractivity contribution in [1.29, 1.82) is 0 Å². The molecule has 0 bridgehead atoms. The van der Waals surface area contributed by atoms with Crippen LogP contribution in [0, 0.1) is 0 Å². The lowest BCUT2D eigenvalue weighted by atomic mass is 9.83. The Morgan fingerprint density at radius 1 is 0.950 bits per heavy atom. The summed E-state index contributed by atoms with van der Waals surface area (Å²) in [5.74, 6) is -1.23. The van der Waals surface area contributed by atoms with Gasteiger partial charge in [-0.15, -0.1) is 0 Å². The fraction of sp³-hybridized carbons (Fsp3) is 0.125. The van der Waals surface area contributed by atoms with Crippen molar-refractivity contribution in [1.82, 2.24) is 0 Å². The quantitative estimate of drug-likeness (QED) is 0.815. The van der Waals surface area contributed by atoms with Crippen molar-refractivity contribution in [2.75, 3.05) is 5.32 Å². The van der Waals surface area contributed by atoms with E-state index in [1.54, 1.807) is 48.5 Å². The average molecular weight is 267 g/mol. The molecule has 100 valence electrons. The molecule has 4 nitrogen and oxygen atoms in total. The van der Waals surface area contributed by atoms with Crippen LogP contribution in [0.4, 0.5) is 5.69 Å². The molecule has 1 heterocycles. The number of ketones is 1. The zero-order valence-electron chi connectivity index (χ0n) is 10.7. The first-order valence-electron chi connectivity index (χ1n) is 6.33. The van der Waals surface area contributed by atoms with Gasteiger partial charge in [0.2, 0.25) is 11.4 Å². The fourth-order valence-corrected chi connectivity index (χ4v) is 2.39. The number of amides is 1. The highest BCUT2D eigenvalue weighted by atomic mass is 16.3. The van der Waals surface area contributed by atoms with E-state index in [-0.39, 0.29) is 6.42 Å². The summed E-state index contributed by atoms with van der Waals surface area (Å²) in [7, 11) is 0. The number of rotatable bonds is 2. The number of aliphatic hydroxyl groups is 1. The van der Waals surface area contributed by atoms with Crippen molar-refractivity contribution in [3.63, 3.8) is 0 Å². The standard InChI is InChI=1S/C16H13NO3/c18-14-12-8-4-5-9-13(12)17-15(19)16(14,20)10-11-6-2-1-3-7-11/h1-9,20H,10H2,(H,17,19). The summed E-state index contributed by atoms with van der Waals surface area (Å²) in [4.78, 5) is 24.6. The van der Waals surface area contributed by atoms with Gasteiger partial charge in [-0.3, -0.25) is 9.59 Å². The lowest BCUT2D eigenvalue weighted by Gasteiger charge is -2.31. The number of anilines is 1. The van der Waals surface area contributed by atoms with Gasteiger partial charge in [0.15, 0.2) is 0 Å². The molecule has 2 aromatic rings. The molecule has 0 aliphatic carbocycles. The van der Waals surface area contributed by atoms with E-state index in [0.717, 1.165) is 5.56 Å². The van der Waals surface area contributed by atoms with Crippen LogP contribution in [-0.4, -0.2) is 22.4 Å². The second-order valence-electron chi connectivity index (χ2n) is 4.85. The predicted octanol–water partition coefficient (Wildman–Crippen LogP) is 1.80. The van der Waals surface area contributed by atoms with Gasteiger partial charge >= 0.3 is 0 Å². The zero-order valence-corrected chi connectivity index (χ0v) is 10.7. The first kappa shape index (κ1) is 12.6.